The molecule has 1 aliphatic heterocycles. The third-order valence-corrected chi connectivity index (χ3v) is 3.71. The lowest BCUT2D eigenvalue weighted by Gasteiger charge is -2.26. The zero-order chi connectivity index (χ0) is 12.9. The van der Waals surface area contributed by atoms with Gasteiger partial charge in [-0.1, -0.05) is 18.2 Å². The van der Waals surface area contributed by atoms with E-state index in [9.17, 15) is 0 Å². The molecule has 0 radical (unpaired) electrons. The van der Waals surface area contributed by atoms with E-state index in [0.29, 0.717) is 0 Å². The quantitative estimate of drug-likeness (QED) is 0.828. The molecular formula is C15H21N3O. The summed E-state index contributed by atoms with van der Waals surface area (Å²) in [7, 11) is 0. The van der Waals surface area contributed by atoms with E-state index in [-0.39, 0.29) is 0 Å². The summed E-state index contributed by atoms with van der Waals surface area (Å²) in [5.41, 5.74) is 2.54. The molecule has 1 fully saturated rings. The van der Waals surface area contributed by atoms with Crippen LogP contribution >= 0.6 is 0 Å². The fraction of sp³-hybridized carbons (Fsp3) is 0.533. The molecule has 0 amide bonds. The summed E-state index contributed by atoms with van der Waals surface area (Å²) in [5, 5.41) is 4.46. The van der Waals surface area contributed by atoms with Gasteiger partial charge in [-0.05, 0) is 18.4 Å². The Morgan fingerprint density at radius 3 is 2.84 bits per heavy atom. The van der Waals surface area contributed by atoms with Gasteiger partial charge in [-0.2, -0.15) is 5.10 Å². The van der Waals surface area contributed by atoms with Crippen LogP contribution in [0, 0.1) is 0 Å². The molecule has 19 heavy (non-hydrogen) atoms. The van der Waals surface area contributed by atoms with E-state index in [0.717, 1.165) is 52.2 Å². The molecule has 1 aliphatic carbocycles. The van der Waals surface area contributed by atoms with E-state index in [1.54, 1.807) is 0 Å². The number of aromatic nitrogens is 2. The molecule has 0 bridgehead atoms. The van der Waals surface area contributed by atoms with Crippen LogP contribution in [0.3, 0.4) is 0 Å². The molecular weight excluding hydrogens is 238 g/mol. The predicted octanol–water partition coefficient (Wildman–Crippen LogP) is 1.95. The van der Waals surface area contributed by atoms with Gasteiger partial charge in [0.25, 0.3) is 0 Å². The molecule has 102 valence electrons. The molecule has 2 aliphatic rings. The highest BCUT2D eigenvalue weighted by Gasteiger charge is 2.10. The molecule has 1 saturated heterocycles. The van der Waals surface area contributed by atoms with Crippen molar-refractivity contribution < 1.29 is 4.74 Å². The second-order valence-electron chi connectivity index (χ2n) is 5.09. The van der Waals surface area contributed by atoms with Crippen molar-refractivity contribution in [1.29, 1.82) is 0 Å². The maximum Gasteiger partial charge on any atom is 0.0594 e. The first-order valence-electron chi connectivity index (χ1n) is 7.11. The fourth-order valence-electron chi connectivity index (χ4n) is 2.53. The minimum Gasteiger partial charge on any atom is -0.379 e. The fourth-order valence-corrected chi connectivity index (χ4v) is 2.53. The minimum absolute atomic E-state index is 0.863. The first-order valence-corrected chi connectivity index (χ1v) is 7.11. The van der Waals surface area contributed by atoms with Crippen LogP contribution in [0.1, 0.15) is 18.4 Å². The van der Waals surface area contributed by atoms with Gasteiger partial charge >= 0.3 is 0 Å². The Hall–Kier alpha value is -1.39. The summed E-state index contributed by atoms with van der Waals surface area (Å²) in [6, 6.07) is 0. The summed E-state index contributed by atoms with van der Waals surface area (Å²) in [5.74, 6) is 0. The van der Waals surface area contributed by atoms with Crippen molar-refractivity contribution in [2.45, 2.75) is 19.4 Å². The number of morpholine rings is 1. The average Bonchev–Trinajstić information content (AvgIpc) is 2.96. The summed E-state index contributed by atoms with van der Waals surface area (Å²) >= 11 is 0. The van der Waals surface area contributed by atoms with Crippen LogP contribution in [0.25, 0.3) is 5.57 Å². The number of hydrogen-bond acceptors (Lipinski definition) is 3. The normalized spacial score (nSPS) is 20.5. The van der Waals surface area contributed by atoms with Gasteiger partial charge in [-0.3, -0.25) is 9.58 Å². The van der Waals surface area contributed by atoms with Crippen molar-refractivity contribution in [2.75, 3.05) is 32.8 Å². The molecule has 3 rings (SSSR count). The molecule has 0 aromatic carbocycles. The Morgan fingerprint density at radius 1 is 1.16 bits per heavy atom. The van der Waals surface area contributed by atoms with Crippen LogP contribution in [-0.2, 0) is 11.3 Å². The van der Waals surface area contributed by atoms with E-state index in [4.69, 9.17) is 4.74 Å². The zero-order valence-corrected chi connectivity index (χ0v) is 11.3. The Kier molecular flexibility index (Phi) is 4.10. The molecule has 0 N–H and O–H groups in total. The predicted molar refractivity (Wildman–Crippen MR) is 75.8 cm³/mol. The maximum absolute atomic E-state index is 5.36. The molecule has 1 aromatic rings. The Morgan fingerprint density at radius 2 is 2.05 bits per heavy atom. The van der Waals surface area contributed by atoms with E-state index in [1.165, 1.54) is 11.1 Å². The van der Waals surface area contributed by atoms with Crippen LogP contribution in [-0.4, -0.2) is 47.5 Å². The van der Waals surface area contributed by atoms with Gasteiger partial charge < -0.3 is 4.74 Å². The van der Waals surface area contributed by atoms with Gasteiger partial charge in [-0.25, -0.2) is 0 Å². The maximum atomic E-state index is 5.36. The first-order chi connectivity index (χ1) is 9.42. The largest absolute Gasteiger partial charge is 0.379 e. The number of allylic oxidation sites excluding steroid dienone is 4. The van der Waals surface area contributed by atoms with E-state index in [1.807, 2.05) is 10.9 Å². The van der Waals surface area contributed by atoms with Crippen molar-refractivity contribution >= 4 is 5.57 Å². The second-order valence-corrected chi connectivity index (χ2v) is 5.09. The van der Waals surface area contributed by atoms with Gasteiger partial charge in [0.15, 0.2) is 0 Å². The van der Waals surface area contributed by atoms with Gasteiger partial charge in [-0.15, -0.1) is 0 Å². The third-order valence-electron chi connectivity index (χ3n) is 3.71. The monoisotopic (exact) mass is 259 g/mol. The molecule has 4 nitrogen and oxygen atoms in total. The van der Waals surface area contributed by atoms with Crippen LogP contribution in [0.5, 0.6) is 0 Å². The number of rotatable bonds is 4. The van der Waals surface area contributed by atoms with Crippen LogP contribution in [0.2, 0.25) is 0 Å². The first kappa shape index (κ1) is 12.6. The highest BCUT2D eigenvalue weighted by atomic mass is 16.5. The van der Waals surface area contributed by atoms with Crippen molar-refractivity contribution in [3.63, 3.8) is 0 Å². The average molecular weight is 259 g/mol. The van der Waals surface area contributed by atoms with E-state index < -0.39 is 0 Å². The highest BCUT2D eigenvalue weighted by molar-refractivity contribution is 5.73. The van der Waals surface area contributed by atoms with Gasteiger partial charge in [0.2, 0.25) is 0 Å². The molecule has 2 heterocycles. The number of nitrogens with zero attached hydrogens (tertiary/aromatic N) is 3. The molecule has 0 spiro atoms. The Labute approximate surface area is 114 Å². The standard InChI is InChI=1S/C15H21N3O/c1-2-4-14(5-3-1)15-12-16-18(13-15)7-6-17-8-10-19-11-9-17/h2,4-5,12-13H,1,3,6-11H2. The molecule has 0 saturated carbocycles. The second kappa shape index (κ2) is 6.17. The summed E-state index contributed by atoms with van der Waals surface area (Å²) in [6.07, 6.45) is 13.2. The SMILES string of the molecule is C1=CC(c2cnn(CCN3CCOCC3)c2)=CCC1. The molecule has 4 heteroatoms. The summed E-state index contributed by atoms with van der Waals surface area (Å²) in [4.78, 5) is 2.44. The third kappa shape index (κ3) is 3.33. The van der Waals surface area contributed by atoms with Crippen molar-refractivity contribution in [1.82, 2.24) is 14.7 Å². The zero-order valence-electron chi connectivity index (χ0n) is 11.3. The minimum atomic E-state index is 0.863. The lowest BCUT2D eigenvalue weighted by atomic mass is 10.0. The molecule has 0 unspecified atom stereocenters. The lowest BCUT2D eigenvalue weighted by molar-refractivity contribution is 0.0360. The molecule has 0 atom stereocenters. The van der Waals surface area contributed by atoms with Gasteiger partial charge in [0, 0.05) is 31.4 Å². The van der Waals surface area contributed by atoms with Crippen LogP contribution in [0.15, 0.2) is 30.6 Å². The van der Waals surface area contributed by atoms with E-state index >= 15 is 0 Å². The smallest absolute Gasteiger partial charge is 0.0594 e. The summed E-state index contributed by atoms with van der Waals surface area (Å²) in [6.45, 7) is 5.82. The lowest BCUT2D eigenvalue weighted by Crippen LogP contribution is -2.38. The Bertz CT molecular complexity index is 469. The van der Waals surface area contributed by atoms with Gasteiger partial charge in [0.05, 0.1) is 26.0 Å². The van der Waals surface area contributed by atoms with Gasteiger partial charge in [0.1, 0.15) is 0 Å². The number of ether oxygens (including phenoxy) is 1. The number of hydrogen-bond donors (Lipinski definition) is 0. The van der Waals surface area contributed by atoms with Crippen molar-refractivity contribution in [2.24, 2.45) is 0 Å². The molecule has 1 aromatic heterocycles. The van der Waals surface area contributed by atoms with Crippen LogP contribution < -0.4 is 0 Å². The van der Waals surface area contributed by atoms with Crippen molar-refractivity contribution in [3.05, 3.63) is 36.2 Å². The van der Waals surface area contributed by atoms with E-state index in [2.05, 4.69) is 34.4 Å². The van der Waals surface area contributed by atoms with Crippen molar-refractivity contribution in [3.8, 4) is 0 Å². The topological polar surface area (TPSA) is 30.3 Å². The Balaban J connectivity index is 1.55. The highest BCUT2D eigenvalue weighted by Crippen LogP contribution is 2.20. The van der Waals surface area contributed by atoms with Crippen LogP contribution in [0.4, 0.5) is 0 Å². The summed E-state index contributed by atoms with van der Waals surface area (Å²) < 4.78 is 7.41.